The van der Waals surface area contributed by atoms with E-state index in [1.165, 1.54) is 19.3 Å². The van der Waals surface area contributed by atoms with Gasteiger partial charge in [0.2, 0.25) is 0 Å². The number of phenols is 1. The molecule has 0 aliphatic heterocycles. The molecule has 0 saturated heterocycles. The second kappa shape index (κ2) is 12.9. The van der Waals surface area contributed by atoms with Gasteiger partial charge in [-0.05, 0) is 36.5 Å². The molecule has 0 fully saturated rings. The van der Waals surface area contributed by atoms with E-state index in [2.05, 4.69) is 13.8 Å². The molecule has 1 aromatic heterocycles. The van der Waals surface area contributed by atoms with Crippen LogP contribution in [0.1, 0.15) is 45.1 Å². The summed E-state index contributed by atoms with van der Waals surface area (Å²) in [5, 5.41) is 10.9. The number of aromatic nitrogens is 3. The molecule has 4 rings (SSSR count). The first-order valence-corrected chi connectivity index (χ1v) is 12.9. The third kappa shape index (κ3) is 6.76. The van der Waals surface area contributed by atoms with Gasteiger partial charge < -0.3 is 9.84 Å². The van der Waals surface area contributed by atoms with Crippen molar-refractivity contribution < 1.29 is 9.84 Å². The highest BCUT2D eigenvalue weighted by Gasteiger charge is 2.15. The van der Waals surface area contributed by atoms with Crippen LogP contribution in [0.25, 0.3) is 34.2 Å². The highest BCUT2D eigenvalue weighted by atomic mass is 16.5. The van der Waals surface area contributed by atoms with Crippen LogP contribution < -0.4 is 0 Å². The first-order chi connectivity index (χ1) is 17.7. The topological polar surface area (TPSA) is 68.1 Å². The lowest BCUT2D eigenvalue weighted by Gasteiger charge is -2.15. The summed E-state index contributed by atoms with van der Waals surface area (Å²) in [5.74, 6) is 2.38. The molecule has 0 radical (unpaired) electrons. The maximum atomic E-state index is 10.9. The third-order valence-corrected chi connectivity index (χ3v) is 6.43. The molecule has 1 unspecified atom stereocenters. The molecule has 0 aliphatic rings. The summed E-state index contributed by atoms with van der Waals surface area (Å²) in [6.07, 6.45) is 5.61. The molecule has 186 valence electrons. The Bertz CT molecular complexity index is 1170. The van der Waals surface area contributed by atoms with Crippen molar-refractivity contribution in [2.24, 2.45) is 5.92 Å². The Kier molecular flexibility index (Phi) is 9.17. The Balaban J connectivity index is 1.53. The van der Waals surface area contributed by atoms with Crippen LogP contribution in [0, 0.1) is 5.92 Å². The molecule has 0 amide bonds. The van der Waals surface area contributed by atoms with E-state index in [4.69, 9.17) is 19.7 Å². The van der Waals surface area contributed by atoms with Crippen molar-refractivity contribution >= 4 is 0 Å². The van der Waals surface area contributed by atoms with E-state index in [1.807, 2.05) is 72.8 Å². The summed E-state index contributed by atoms with van der Waals surface area (Å²) in [7, 11) is 0. The van der Waals surface area contributed by atoms with E-state index in [0.29, 0.717) is 35.6 Å². The molecule has 1 atom stereocenters. The van der Waals surface area contributed by atoms with Crippen LogP contribution in [0.3, 0.4) is 0 Å². The monoisotopic (exact) mass is 481 g/mol. The zero-order chi connectivity index (χ0) is 25.2. The predicted octanol–water partition coefficient (Wildman–Crippen LogP) is 7.35. The molecule has 5 heteroatoms. The highest BCUT2D eigenvalue weighted by molar-refractivity contribution is 5.69. The zero-order valence-electron chi connectivity index (χ0n) is 21.2. The minimum Gasteiger partial charge on any atom is -0.507 e. The Morgan fingerprint density at radius 2 is 1.39 bits per heavy atom. The Morgan fingerprint density at radius 3 is 1.94 bits per heavy atom. The molecule has 0 bridgehead atoms. The average molecular weight is 482 g/mol. The van der Waals surface area contributed by atoms with Gasteiger partial charge >= 0.3 is 0 Å². The van der Waals surface area contributed by atoms with E-state index in [0.717, 1.165) is 36.1 Å². The molecular formula is C31H35N3O2. The number of aromatic hydroxyl groups is 1. The van der Waals surface area contributed by atoms with E-state index < -0.39 is 0 Å². The van der Waals surface area contributed by atoms with Gasteiger partial charge in [0.15, 0.2) is 17.5 Å². The van der Waals surface area contributed by atoms with Crippen molar-refractivity contribution in [2.75, 3.05) is 13.2 Å². The fraction of sp³-hybridized carbons (Fsp3) is 0.323. The van der Waals surface area contributed by atoms with Gasteiger partial charge in [0, 0.05) is 17.7 Å². The minimum atomic E-state index is 0.158. The van der Waals surface area contributed by atoms with Crippen LogP contribution in [-0.2, 0) is 11.2 Å². The quantitative estimate of drug-likeness (QED) is 0.214. The zero-order valence-corrected chi connectivity index (χ0v) is 21.2. The van der Waals surface area contributed by atoms with Gasteiger partial charge in [0.1, 0.15) is 5.75 Å². The summed E-state index contributed by atoms with van der Waals surface area (Å²) in [5.41, 5.74) is 3.41. The first-order valence-electron chi connectivity index (χ1n) is 12.9. The molecule has 3 aromatic carbocycles. The molecule has 0 aliphatic carbocycles. The van der Waals surface area contributed by atoms with E-state index >= 15 is 0 Å². The largest absolute Gasteiger partial charge is 0.507 e. The van der Waals surface area contributed by atoms with Gasteiger partial charge in [-0.25, -0.2) is 15.0 Å². The van der Waals surface area contributed by atoms with Gasteiger partial charge in [0.25, 0.3) is 0 Å². The van der Waals surface area contributed by atoms with Gasteiger partial charge in [-0.15, -0.1) is 0 Å². The maximum Gasteiger partial charge on any atom is 0.167 e. The smallest absolute Gasteiger partial charge is 0.167 e. The average Bonchev–Trinajstić information content (AvgIpc) is 2.93. The Labute approximate surface area is 214 Å². The summed E-state index contributed by atoms with van der Waals surface area (Å²) < 4.78 is 5.96. The van der Waals surface area contributed by atoms with Crippen molar-refractivity contribution in [3.05, 3.63) is 84.4 Å². The number of phenolic OH excluding ortho intramolecular Hbond substituents is 1. The molecular weight excluding hydrogens is 446 g/mol. The second-order valence-electron chi connectivity index (χ2n) is 9.13. The number of benzene rings is 3. The predicted molar refractivity (Wildman–Crippen MR) is 146 cm³/mol. The summed E-state index contributed by atoms with van der Waals surface area (Å²) in [6, 6.07) is 25.4. The van der Waals surface area contributed by atoms with Crippen LogP contribution in [0.15, 0.2) is 78.9 Å². The van der Waals surface area contributed by atoms with Crippen LogP contribution in [-0.4, -0.2) is 33.3 Å². The first kappa shape index (κ1) is 25.5. The van der Waals surface area contributed by atoms with Gasteiger partial charge in [0.05, 0.1) is 12.2 Å². The number of nitrogens with zero attached hydrogens (tertiary/aromatic N) is 3. The fourth-order valence-corrected chi connectivity index (χ4v) is 4.19. The number of rotatable bonds is 12. The maximum absolute atomic E-state index is 10.9. The van der Waals surface area contributed by atoms with Crippen molar-refractivity contribution in [1.29, 1.82) is 0 Å². The summed E-state index contributed by atoms with van der Waals surface area (Å²) in [6.45, 7) is 5.90. The van der Waals surface area contributed by atoms with E-state index in [1.54, 1.807) is 6.07 Å². The summed E-state index contributed by atoms with van der Waals surface area (Å²) >= 11 is 0. The van der Waals surface area contributed by atoms with Crippen molar-refractivity contribution in [2.45, 2.75) is 46.0 Å². The lowest BCUT2D eigenvalue weighted by atomic mass is 10.0. The molecule has 36 heavy (non-hydrogen) atoms. The Morgan fingerprint density at radius 1 is 0.778 bits per heavy atom. The molecule has 1 N–H and O–H groups in total. The van der Waals surface area contributed by atoms with Crippen LogP contribution in [0.5, 0.6) is 5.75 Å². The number of hydrogen-bond acceptors (Lipinski definition) is 5. The number of hydrogen-bond donors (Lipinski definition) is 1. The highest BCUT2D eigenvalue weighted by Crippen LogP contribution is 2.30. The van der Waals surface area contributed by atoms with Crippen molar-refractivity contribution in [3.8, 4) is 39.9 Å². The fourth-order valence-electron chi connectivity index (χ4n) is 4.19. The standard InChI is InChI=1S/C31H35N3O2/c1-3-5-12-23(4-2)22-36-20-19-24-17-18-27(28(35)21-24)31-33-29(25-13-8-6-9-14-25)32-30(34-31)26-15-10-7-11-16-26/h6-11,13-18,21,23,35H,3-5,12,19-20,22H2,1-2H3. The lowest BCUT2D eigenvalue weighted by molar-refractivity contribution is 0.0963. The molecule has 0 spiro atoms. The molecule has 5 nitrogen and oxygen atoms in total. The minimum absolute atomic E-state index is 0.158. The van der Waals surface area contributed by atoms with Crippen LogP contribution in [0.2, 0.25) is 0 Å². The third-order valence-electron chi connectivity index (χ3n) is 6.43. The SMILES string of the molecule is CCCCC(CC)COCCc1ccc(-c2nc(-c3ccccc3)nc(-c3ccccc3)n2)c(O)c1. The van der Waals surface area contributed by atoms with Crippen LogP contribution >= 0.6 is 0 Å². The van der Waals surface area contributed by atoms with Gasteiger partial charge in [-0.3, -0.25) is 0 Å². The molecule has 4 aromatic rings. The van der Waals surface area contributed by atoms with E-state index in [-0.39, 0.29) is 5.75 Å². The lowest BCUT2D eigenvalue weighted by Crippen LogP contribution is -2.10. The number of ether oxygens (including phenoxy) is 1. The van der Waals surface area contributed by atoms with E-state index in [9.17, 15) is 5.11 Å². The normalized spacial score (nSPS) is 11.9. The summed E-state index contributed by atoms with van der Waals surface area (Å²) in [4.78, 5) is 14.1. The van der Waals surface area contributed by atoms with Crippen LogP contribution in [0.4, 0.5) is 0 Å². The molecule has 1 heterocycles. The molecule has 0 saturated carbocycles. The Hall–Kier alpha value is -3.57. The number of unbranched alkanes of at least 4 members (excludes halogenated alkanes) is 1. The second-order valence-corrected chi connectivity index (χ2v) is 9.13. The van der Waals surface area contributed by atoms with Crippen molar-refractivity contribution in [1.82, 2.24) is 15.0 Å². The van der Waals surface area contributed by atoms with Crippen molar-refractivity contribution in [3.63, 3.8) is 0 Å². The van der Waals surface area contributed by atoms with Gasteiger partial charge in [-0.2, -0.15) is 0 Å². The van der Waals surface area contributed by atoms with Gasteiger partial charge in [-0.1, -0.05) is 99.8 Å².